The van der Waals surface area contributed by atoms with Gasteiger partial charge in [-0.1, -0.05) is 6.92 Å². The number of carbonyl (C=O) groups is 2. The number of fused-ring (bicyclic) bond motifs is 2. The lowest BCUT2D eigenvalue weighted by Crippen LogP contribution is -2.28. The molecule has 1 aromatic heterocycles. The lowest BCUT2D eigenvalue weighted by Gasteiger charge is -2.17. The molecule has 2 aliphatic rings. The summed E-state index contributed by atoms with van der Waals surface area (Å²) >= 11 is 0. The normalized spacial score (nSPS) is 14.6. The Morgan fingerprint density at radius 1 is 1.19 bits per heavy atom. The number of nitrogens with one attached hydrogen (secondary N) is 2. The van der Waals surface area contributed by atoms with Gasteiger partial charge in [-0.2, -0.15) is 0 Å². The quantitative estimate of drug-likeness (QED) is 0.842. The van der Waals surface area contributed by atoms with Crippen LogP contribution in [-0.2, 0) is 13.0 Å². The largest absolute Gasteiger partial charge is 0.454 e. The molecule has 0 fully saturated rings. The molecular formula is C19H22N4O4. The molecule has 2 aromatic rings. The van der Waals surface area contributed by atoms with Crippen LogP contribution in [0, 0.1) is 0 Å². The minimum Gasteiger partial charge on any atom is -0.454 e. The van der Waals surface area contributed by atoms with E-state index >= 15 is 0 Å². The molecule has 4 rings (SSSR count). The van der Waals surface area contributed by atoms with E-state index in [-0.39, 0.29) is 18.6 Å². The fraction of sp³-hybridized carbons (Fsp3) is 0.421. The van der Waals surface area contributed by atoms with Gasteiger partial charge in [0.25, 0.3) is 11.8 Å². The third-order valence-electron chi connectivity index (χ3n) is 4.70. The van der Waals surface area contributed by atoms with Crippen molar-refractivity contribution in [2.45, 2.75) is 39.2 Å². The molecular weight excluding hydrogens is 348 g/mol. The summed E-state index contributed by atoms with van der Waals surface area (Å²) in [7, 11) is 0. The van der Waals surface area contributed by atoms with E-state index < -0.39 is 0 Å². The van der Waals surface area contributed by atoms with E-state index in [1.807, 2.05) is 11.5 Å². The zero-order valence-electron chi connectivity index (χ0n) is 15.2. The maximum absolute atomic E-state index is 12.8. The number of ether oxygens (including phenoxy) is 2. The van der Waals surface area contributed by atoms with Crippen LogP contribution in [-0.4, -0.2) is 34.7 Å². The van der Waals surface area contributed by atoms with Gasteiger partial charge in [0.15, 0.2) is 23.0 Å². The Bertz CT molecular complexity index is 890. The smallest absolute Gasteiger partial charge is 0.287 e. The Kier molecular flexibility index (Phi) is 4.70. The first kappa shape index (κ1) is 17.4. The van der Waals surface area contributed by atoms with Crippen molar-refractivity contribution < 1.29 is 19.1 Å². The molecule has 0 bridgehead atoms. The molecule has 2 aliphatic heterocycles. The summed E-state index contributed by atoms with van der Waals surface area (Å²) in [5, 5.41) is 5.70. The van der Waals surface area contributed by atoms with E-state index in [2.05, 4.69) is 15.6 Å². The minimum atomic E-state index is -0.325. The molecule has 0 spiro atoms. The van der Waals surface area contributed by atoms with Crippen molar-refractivity contribution in [3.8, 4) is 11.5 Å². The summed E-state index contributed by atoms with van der Waals surface area (Å²) < 4.78 is 12.5. The summed E-state index contributed by atoms with van der Waals surface area (Å²) in [6, 6.07) is 5.23. The summed E-state index contributed by atoms with van der Waals surface area (Å²) in [6.07, 6.45) is 3.53. The Morgan fingerprint density at radius 3 is 2.89 bits per heavy atom. The van der Waals surface area contributed by atoms with Gasteiger partial charge in [0.05, 0.1) is 5.69 Å². The fourth-order valence-corrected chi connectivity index (χ4v) is 3.38. The second-order valence-corrected chi connectivity index (χ2v) is 6.62. The van der Waals surface area contributed by atoms with Gasteiger partial charge in [0.1, 0.15) is 0 Å². The number of amides is 2. The van der Waals surface area contributed by atoms with E-state index in [0.29, 0.717) is 41.8 Å². The summed E-state index contributed by atoms with van der Waals surface area (Å²) in [5.41, 5.74) is 1.73. The van der Waals surface area contributed by atoms with Crippen molar-refractivity contribution in [3.05, 3.63) is 35.4 Å². The maximum Gasteiger partial charge on any atom is 0.287 e. The molecule has 0 unspecified atom stereocenters. The third kappa shape index (κ3) is 3.34. The van der Waals surface area contributed by atoms with Crippen molar-refractivity contribution in [2.24, 2.45) is 0 Å². The first-order valence-corrected chi connectivity index (χ1v) is 9.26. The lowest BCUT2D eigenvalue weighted by molar-refractivity contribution is 0.0937. The molecule has 3 heterocycles. The van der Waals surface area contributed by atoms with Gasteiger partial charge < -0.3 is 24.7 Å². The number of hydrogen-bond acceptors (Lipinski definition) is 5. The van der Waals surface area contributed by atoms with Crippen LogP contribution in [0.15, 0.2) is 18.2 Å². The molecule has 142 valence electrons. The van der Waals surface area contributed by atoms with Gasteiger partial charge >= 0.3 is 0 Å². The van der Waals surface area contributed by atoms with Crippen LogP contribution in [0.25, 0.3) is 0 Å². The highest BCUT2D eigenvalue weighted by atomic mass is 16.7. The highest BCUT2D eigenvalue weighted by Crippen LogP contribution is 2.34. The predicted octanol–water partition coefficient (Wildman–Crippen LogP) is 2.34. The average Bonchev–Trinajstić information content (AvgIpc) is 3.30. The van der Waals surface area contributed by atoms with Crippen molar-refractivity contribution in [2.75, 3.05) is 18.7 Å². The summed E-state index contributed by atoms with van der Waals surface area (Å²) in [4.78, 5) is 29.7. The number of benzene rings is 1. The minimum absolute atomic E-state index is 0.178. The Morgan fingerprint density at radius 2 is 2.04 bits per heavy atom. The molecule has 8 nitrogen and oxygen atoms in total. The maximum atomic E-state index is 12.8. The Balaban J connectivity index is 1.59. The van der Waals surface area contributed by atoms with Crippen molar-refractivity contribution in [1.82, 2.24) is 14.9 Å². The van der Waals surface area contributed by atoms with E-state index in [1.165, 1.54) is 0 Å². The predicted molar refractivity (Wildman–Crippen MR) is 98.3 cm³/mol. The summed E-state index contributed by atoms with van der Waals surface area (Å²) in [6.45, 7) is 3.46. The van der Waals surface area contributed by atoms with Crippen LogP contribution in [0.5, 0.6) is 11.5 Å². The van der Waals surface area contributed by atoms with E-state index in [1.54, 1.807) is 18.2 Å². The monoisotopic (exact) mass is 370 g/mol. The molecule has 8 heteroatoms. The van der Waals surface area contributed by atoms with Crippen molar-refractivity contribution in [1.29, 1.82) is 0 Å². The molecule has 0 atom stereocenters. The molecule has 2 N–H and O–H groups in total. The first-order valence-electron chi connectivity index (χ1n) is 9.26. The van der Waals surface area contributed by atoms with Gasteiger partial charge in [-0.25, -0.2) is 4.98 Å². The number of imidazole rings is 1. The zero-order valence-corrected chi connectivity index (χ0v) is 15.2. The van der Waals surface area contributed by atoms with Crippen LogP contribution in [0.1, 0.15) is 53.0 Å². The zero-order chi connectivity index (χ0) is 18.8. The standard InChI is InChI=1S/C19H22N4O4/c1-2-8-20-19(25)17-22-16(13-5-3-4-9-23(13)17)18(24)21-12-6-7-14-15(10-12)27-11-26-14/h6-7,10H,2-5,8-9,11H2,1H3,(H,20,25)(H,21,24). The van der Waals surface area contributed by atoms with Gasteiger partial charge in [-0.3, -0.25) is 9.59 Å². The highest BCUT2D eigenvalue weighted by molar-refractivity contribution is 6.05. The third-order valence-corrected chi connectivity index (χ3v) is 4.70. The van der Waals surface area contributed by atoms with Gasteiger partial charge in [-0.05, 0) is 37.8 Å². The van der Waals surface area contributed by atoms with Crippen LogP contribution in [0.3, 0.4) is 0 Å². The van der Waals surface area contributed by atoms with Crippen LogP contribution in [0.4, 0.5) is 5.69 Å². The summed E-state index contributed by atoms with van der Waals surface area (Å²) in [5.74, 6) is 1.01. The van der Waals surface area contributed by atoms with Crippen molar-refractivity contribution >= 4 is 17.5 Å². The SMILES string of the molecule is CCCNC(=O)c1nc(C(=O)Nc2ccc3c(c2)OCO3)c2n1CCCC2. The number of anilines is 1. The number of carbonyl (C=O) groups excluding carboxylic acids is 2. The van der Waals surface area contributed by atoms with Gasteiger partial charge in [0, 0.05) is 24.8 Å². The highest BCUT2D eigenvalue weighted by Gasteiger charge is 2.27. The topological polar surface area (TPSA) is 94.5 Å². The molecule has 0 saturated heterocycles. The van der Waals surface area contributed by atoms with E-state index in [9.17, 15) is 9.59 Å². The average molecular weight is 370 g/mol. The van der Waals surface area contributed by atoms with Crippen LogP contribution in [0.2, 0.25) is 0 Å². The fourth-order valence-electron chi connectivity index (χ4n) is 3.38. The molecule has 2 amide bonds. The van der Waals surface area contributed by atoms with Gasteiger partial charge in [0.2, 0.25) is 6.79 Å². The van der Waals surface area contributed by atoms with E-state index in [0.717, 1.165) is 31.4 Å². The first-order chi connectivity index (χ1) is 13.2. The second kappa shape index (κ2) is 7.30. The molecule has 0 radical (unpaired) electrons. The van der Waals surface area contributed by atoms with E-state index in [4.69, 9.17) is 9.47 Å². The number of nitrogens with zero attached hydrogens (tertiary/aromatic N) is 2. The molecule has 0 aliphatic carbocycles. The Hall–Kier alpha value is -3.03. The second-order valence-electron chi connectivity index (χ2n) is 6.62. The van der Waals surface area contributed by atoms with Gasteiger partial charge in [-0.15, -0.1) is 0 Å². The van der Waals surface area contributed by atoms with Crippen LogP contribution < -0.4 is 20.1 Å². The number of aromatic nitrogens is 2. The molecule has 0 saturated carbocycles. The van der Waals surface area contributed by atoms with Crippen LogP contribution >= 0.6 is 0 Å². The molecule has 27 heavy (non-hydrogen) atoms. The molecule has 1 aromatic carbocycles. The lowest BCUT2D eigenvalue weighted by atomic mass is 10.1. The number of rotatable bonds is 5. The number of hydrogen-bond donors (Lipinski definition) is 2. The Labute approximate surface area is 156 Å². The van der Waals surface area contributed by atoms with Crippen molar-refractivity contribution in [3.63, 3.8) is 0 Å².